The summed E-state index contributed by atoms with van der Waals surface area (Å²) in [6, 6.07) is 4.54. The summed E-state index contributed by atoms with van der Waals surface area (Å²) in [6.07, 6.45) is 0.190. The Morgan fingerprint density at radius 1 is 1.29 bits per heavy atom. The van der Waals surface area contributed by atoms with E-state index in [2.05, 4.69) is 16.0 Å². The van der Waals surface area contributed by atoms with Gasteiger partial charge in [-0.05, 0) is 30.5 Å². The van der Waals surface area contributed by atoms with E-state index in [1.165, 1.54) is 4.90 Å². The van der Waals surface area contributed by atoms with E-state index in [1.807, 2.05) is 32.9 Å². The number of carbonyl (C=O) groups is 4. The van der Waals surface area contributed by atoms with Crippen LogP contribution in [-0.2, 0) is 23.9 Å². The number of hydrogen-bond donors (Lipinski definition) is 3. The summed E-state index contributed by atoms with van der Waals surface area (Å²) in [6.45, 7) is 8.38. The van der Waals surface area contributed by atoms with Gasteiger partial charge in [0.05, 0.1) is 19.6 Å². The number of piperazine rings is 1. The SMILES string of the molecule is CCC(=O)Nc1cc(NCC(=O)N2CCNC(=O)C2CC(=O)OCC(C)C)ccc1C. The van der Waals surface area contributed by atoms with E-state index < -0.39 is 12.0 Å². The van der Waals surface area contributed by atoms with Crippen molar-refractivity contribution in [3.63, 3.8) is 0 Å². The molecule has 0 spiro atoms. The summed E-state index contributed by atoms with van der Waals surface area (Å²) < 4.78 is 5.17. The van der Waals surface area contributed by atoms with Crippen molar-refractivity contribution in [3.8, 4) is 0 Å². The molecule has 0 aliphatic carbocycles. The van der Waals surface area contributed by atoms with Gasteiger partial charge < -0.3 is 25.6 Å². The maximum atomic E-state index is 12.8. The van der Waals surface area contributed by atoms with Gasteiger partial charge in [0.2, 0.25) is 17.7 Å². The van der Waals surface area contributed by atoms with Gasteiger partial charge in [-0.25, -0.2) is 0 Å². The molecule has 1 aromatic carbocycles. The lowest BCUT2D eigenvalue weighted by Gasteiger charge is -2.34. The highest BCUT2D eigenvalue weighted by atomic mass is 16.5. The van der Waals surface area contributed by atoms with Crippen LogP contribution in [0.3, 0.4) is 0 Å². The fraction of sp³-hybridized carbons (Fsp3) is 0.545. The van der Waals surface area contributed by atoms with Crippen molar-refractivity contribution in [2.45, 2.75) is 46.6 Å². The molecule has 1 unspecified atom stereocenters. The number of carbonyl (C=O) groups excluding carboxylic acids is 4. The molecule has 0 saturated carbocycles. The smallest absolute Gasteiger partial charge is 0.308 e. The fourth-order valence-corrected chi connectivity index (χ4v) is 3.08. The lowest BCUT2D eigenvalue weighted by Crippen LogP contribution is -2.58. The average Bonchev–Trinajstić information content (AvgIpc) is 2.73. The summed E-state index contributed by atoms with van der Waals surface area (Å²) in [7, 11) is 0. The van der Waals surface area contributed by atoms with Crippen LogP contribution in [0.25, 0.3) is 0 Å². The molecule has 2 rings (SSSR count). The molecule has 0 radical (unpaired) electrons. The fourth-order valence-electron chi connectivity index (χ4n) is 3.08. The molecule has 31 heavy (non-hydrogen) atoms. The summed E-state index contributed by atoms with van der Waals surface area (Å²) in [4.78, 5) is 50.3. The predicted octanol–water partition coefficient (Wildman–Crippen LogP) is 1.67. The van der Waals surface area contributed by atoms with Gasteiger partial charge in [0.15, 0.2) is 0 Å². The average molecular weight is 433 g/mol. The lowest BCUT2D eigenvalue weighted by atomic mass is 10.1. The Labute approximate surface area is 182 Å². The quantitative estimate of drug-likeness (QED) is 0.511. The molecule has 9 nitrogen and oxygen atoms in total. The number of esters is 1. The molecule has 1 aliphatic rings. The first-order valence-electron chi connectivity index (χ1n) is 10.6. The van der Waals surface area contributed by atoms with E-state index in [-0.39, 0.29) is 43.2 Å². The second kappa shape index (κ2) is 11.3. The van der Waals surface area contributed by atoms with E-state index in [9.17, 15) is 19.2 Å². The van der Waals surface area contributed by atoms with Gasteiger partial charge in [-0.3, -0.25) is 19.2 Å². The third-order valence-electron chi connectivity index (χ3n) is 4.87. The number of hydrogen-bond acceptors (Lipinski definition) is 6. The first-order valence-corrected chi connectivity index (χ1v) is 10.6. The molecule has 1 aliphatic heterocycles. The highest BCUT2D eigenvalue weighted by molar-refractivity contribution is 5.94. The van der Waals surface area contributed by atoms with E-state index in [0.29, 0.717) is 30.9 Å². The number of aryl methyl sites for hydroxylation is 1. The van der Waals surface area contributed by atoms with Crippen LogP contribution in [0.2, 0.25) is 0 Å². The molecule has 170 valence electrons. The van der Waals surface area contributed by atoms with Crippen molar-refractivity contribution < 1.29 is 23.9 Å². The van der Waals surface area contributed by atoms with Crippen LogP contribution in [0.1, 0.15) is 39.2 Å². The van der Waals surface area contributed by atoms with Crippen LogP contribution in [0.15, 0.2) is 18.2 Å². The van der Waals surface area contributed by atoms with Crippen LogP contribution in [-0.4, -0.2) is 60.9 Å². The molecule has 3 amide bonds. The summed E-state index contributed by atoms with van der Waals surface area (Å²) in [5.41, 5.74) is 2.25. The third-order valence-corrected chi connectivity index (χ3v) is 4.87. The molecule has 1 fully saturated rings. The molecule has 1 heterocycles. The number of rotatable bonds is 9. The van der Waals surface area contributed by atoms with Gasteiger partial charge in [-0.1, -0.05) is 26.8 Å². The maximum Gasteiger partial charge on any atom is 0.308 e. The van der Waals surface area contributed by atoms with E-state index in [0.717, 1.165) is 5.56 Å². The number of ether oxygens (including phenoxy) is 1. The number of nitrogens with zero attached hydrogens (tertiary/aromatic N) is 1. The zero-order valence-corrected chi connectivity index (χ0v) is 18.6. The Morgan fingerprint density at radius 3 is 2.71 bits per heavy atom. The zero-order chi connectivity index (χ0) is 23.0. The highest BCUT2D eigenvalue weighted by Crippen LogP contribution is 2.21. The summed E-state index contributed by atoms with van der Waals surface area (Å²) in [5.74, 6) is -1.07. The number of benzene rings is 1. The summed E-state index contributed by atoms with van der Waals surface area (Å²) in [5, 5.41) is 8.56. The lowest BCUT2D eigenvalue weighted by molar-refractivity contribution is -0.152. The van der Waals surface area contributed by atoms with Crippen molar-refractivity contribution in [3.05, 3.63) is 23.8 Å². The Balaban J connectivity index is 2.00. The van der Waals surface area contributed by atoms with Crippen LogP contribution in [0.4, 0.5) is 11.4 Å². The number of nitrogens with one attached hydrogen (secondary N) is 3. The van der Waals surface area contributed by atoms with Gasteiger partial charge in [-0.2, -0.15) is 0 Å². The molecular formula is C22H32N4O5. The van der Waals surface area contributed by atoms with Crippen LogP contribution in [0.5, 0.6) is 0 Å². The number of amides is 3. The van der Waals surface area contributed by atoms with E-state index in [1.54, 1.807) is 13.0 Å². The van der Waals surface area contributed by atoms with Crippen molar-refractivity contribution >= 4 is 35.1 Å². The first-order chi connectivity index (χ1) is 14.7. The largest absolute Gasteiger partial charge is 0.465 e. The Morgan fingerprint density at radius 2 is 2.03 bits per heavy atom. The van der Waals surface area contributed by atoms with Crippen molar-refractivity contribution in [2.24, 2.45) is 5.92 Å². The monoisotopic (exact) mass is 432 g/mol. The molecule has 0 bridgehead atoms. The molecular weight excluding hydrogens is 400 g/mol. The molecule has 1 aromatic rings. The van der Waals surface area contributed by atoms with Crippen LogP contribution < -0.4 is 16.0 Å². The summed E-state index contributed by atoms with van der Waals surface area (Å²) >= 11 is 0. The highest BCUT2D eigenvalue weighted by Gasteiger charge is 2.35. The standard InChI is InChI=1S/C22H32N4O5/c1-5-19(27)25-17-10-16(7-6-15(17)4)24-12-20(28)26-9-8-23-22(30)18(26)11-21(29)31-13-14(2)3/h6-7,10,14,18,24H,5,8-9,11-13H2,1-4H3,(H,23,30)(H,25,27). The maximum absolute atomic E-state index is 12.8. The molecule has 1 atom stereocenters. The van der Waals surface area contributed by atoms with Crippen LogP contribution in [0, 0.1) is 12.8 Å². The molecule has 3 N–H and O–H groups in total. The Bertz CT molecular complexity index is 824. The minimum absolute atomic E-state index is 0.0466. The third kappa shape index (κ3) is 7.27. The second-order valence-electron chi connectivity index (χ2n) is 7.96. The van der Waals surface area contributed by atoms with E-state index >= 15 is 0 Å². The minimum Gasteiger partial charge on any atom is -0.465 e. The van der Waals surface area contributed by atoms with Crippen molar-refractivity contribution in [1.29, 1.82) is 0 Å². The minimum atomic E-state index is -0.889. The van der Waals surface area contributed by atoms with Crippen molar-refractivity contribution in [2.75, 3.05) is 36.9 Å². The molecule has 1 saturated heterocycles. The van der Waals surface area contributed by atoms with Gasteiger partial charge >= 0.3 is 5.97 Å². The molecule has 0 aromatic heterocycles. The van der Waals surface area contributed by atoms with Gasteiger partial charge in [0.1, 0.15) is 6.04 Å². The van der Waals surface area contributed by atoms with E-state index in [4.69, 9.17) is 4.74 Å². The van der Waals surface area contributed by atoms with Crippen LogP contribution >= 0.6 is 0 Å². The number of anilines is 2. The van der Waals surface area contributed by atoms with Gasteiger partial charge in [-0.15, -0.1) is 0 Å². The van der Waals surface area contributed by atoms with Crippen molar-refractivity contribution in [1.82, 2.24) is 10.2 Å². The molecule has 9 heteroatoms. The van der Waals surface area contributed by atoms with Gasteiger partial charge in [0.25, 0.3) is 0 Å². The second-order valence-corrected chi connectivity index (χ2v) is 7.96. The topological polar surface area (TPSA) is 117 Å². The Kier molecular flexibility index (Phi) is 8.84. The normalized spacial score (nSPS) is 16.0. The Hall–Kier alpha value is -3.10. The predicted molar refractivity (Wildman–Crippen MR) is 118 cm³/mol. The first kappa shape index (κ1) is 24.2. The van der Waals surface area contributed by atoms with Gasteiger partial charge in [0, 0.05) is 30.9 Å². The zero-order valence-electron chi connectivity index (χ0n) is 18.6.